The maximum absolute atomic E-state index is 2.35. The van der Waals surface area contributed by atoms with E-state index in [0.29, 0.717) is 6.04 Å². The van der Waals surface area contributed by atoms with Gasteiger partial charge in [0.25, 0.3) is 0 Å². The second kappa shape index (κ2) is 9.96. The zero-order valence-electron chi connectivity index (χ0n) is 9.15. The molecule has 0 aliphatic rings. The van der Waals surface area contributed by atoms with Crippen molar-refractivity contribution in [1.29, 1.82) is 0 Å². The third-order valence-corrected chi connectivity index (χ3v) is 1.46. The van der Waals surface area contributed by atoms with Crippen molar-refractivity contribution in [2.75, 3.05) is 13.6 Å². The molecule has 0 fully saturated rings. The molecule has 0 saturated carbocycles. The van der Waals surface area contributed by atoms with Gasteiger partial charge in [-0.2, -0.15) is 0 Å². The molecule has 0 N–H and O–H groups in total. The highest BCUT2D eigenvalue weighted by atomic mass is 15.1. The molecule has 0 aromatic heterocycles. The second-order valence-corrected chi connectivity index (χ2v) is 3.28. The van der Waals surface area contributed by atoms with Crippen molar-refractivity contribution < 1.29 is 0 Å². The molecule has 0 aromatic rings. The Morgan fingerprint density at radius 1 is 1.09 bits per heavy atom. The summed E-state index contributed by atoms with van der Waals surface area (Å²) in [6, 6.07) is 0.704. The Hall–Kier alpha value is -0.0400. The highest BCUT2D eigenvalue weighted by Gasteiger charge is 1.98. The summed E-state index contributed by atoms with van der Waals surface area (Å²) < 4.78 is 0. The molecule has 0 aromatic carbocycles. The van der Waals surface area contributed by atoms with E-state index < -0.39 is 0 Å². The number of rotatable bonds is 3. The molecular weight excluding hydrogens is 134 g/mol. The van der Waals surface area contributed by atoms with E-state index in [1.807, 2.05) is 0 Å². The van der Waals surface area contributed by atoms with Crippen molar-refractivity contribution in [2.24, 2.45) is 0 Å². The molecule has 0 amide bonds. The van der Waals surface area contributed by atoms with Gasteiger partial charge in [-0.1, -0.05) is 27.2 Å². The Balaban J connectivity index is 0. The van der Waals surface area contributed by atoms with Gasteiger partial charge in [-0.3, -0.25) is 0 Å². The Morgan fingerprint density at radius 3 is 1.55 bits per heavy atom. The standard InChI is InChI=1S/C7H17N.C3H8/c1-5-6-8(4)7(2)3;1-3-2/h7H,5-6H2,1-4H3;3H2,1-2H3. The third kappa shape index (κ3) is 13.0. The van der Waals surface area contributed by atoms with Crippen molar-refractivity contribution >= 4 is 0 Å². The fourth-order valence-corrected chi connectivity index (χ4v) is 0.611. The average molecular weight is 159 g/mol. The van der Waals surface area contributed by atoms with Gasteiger partial charge in [0.05, 0.1) is 0 Å². The topological polar surface area (TPSA) is 3.24 Å². The molecule has 0 atom stereocenters. The van der Waals surface area contributed by atoms with E-state index in [1.165, 1.54) is 19.4 Å². The summed E-state index contributed by atoms with van der Waals surface area (Å²) in [4.78, 5) is 2.35. The zero-order chi connectivity index (χ0) is 9.28. The largest absolute Gasteiger partial charge is 0.304 e. The van der Waals surface area contributed by atoms with Crippen LogP contribution in [0.2, 0.25) is 0 Å². The monoisotopic (exact) mass is 159 g/mol. The van der Waals surface area contributed by atoms with Gasteiger partial charge in [-0.25, -0.2) is 0 Å². The van der Waals surface area contributed by atoms with Crippen molar-refractivity contribution in [3.8, 4) is 0 Å². The van der Waals surface area contributed by atoms with Crippen LogP contribution in [0.25, 0.3) is 0 Å². The van der Waals surface area contributed by atoms with Crippen LogP contribution in [-0.2, 0) is 0 Å². The molecule has 0 bridgehead atoms. The maximum Gasteiger partial charge on any atom is 0.00355 e. The lowest BCUT2D eigenvalue weighted by molar-refractivity contribution is 0.275. The summed E-state index contributed by atoms with van der Waals surface area (Å²) in [5, 5.41) is 0. The van der Waals surface area contributed by atoms with Gasteiger partial charge in [0.2, 0.25) is 0 Å². The molecule has 0 aliphatic heterocycles. The first-order chi connectivity index (χ1) is 5.09. The van der Waals surface area contributed by atoms with Crippen LogP contribution >= 0.6 is 0 Å². The SMILES string of the molecule is CCC.CCCN(C)C(C)C. The maximum atomic E-state index is 2.35. The molecule has 0 spiro atoms. The van der Waals surface area contributed by atoms with E-state index in [-0.39, 0.29) is 0 Å². The predicted octanol–water partition coefficient (Wildman–Crippen LogP) is 3.15. The van der Waals surface area contributed by atoms with Crippen molar-refractivity contribution in [1.82, 2.24) is 4.90 Å². The van der Waals surface area contributed by atoms with Gasteiger partial charge in [-0.15, -0.1) is 0 Å². The molecule has 0 rings (SSSR count). The quantitative estimate of drug-likeness (QED) is 0.611. The second-order valence-electron chi connectivity index (χ2n) is 3.28. The fourth-order valence-electron chi connectivity index (χ4n) is 0.611. The summed E-state index contributed by atoms with van der Waals surface area (Å²) in [6.07, 6.45) is 2.51. The Kier molecular flexibility index (Phi) is 12.3. The molecule has 0 radical (unpaired) electrons. The van der Waals surface area contributed by atoms with Gasteiger partial charge in [0.15, 0.2) is 0 Å². The van der Waals surface area contributed by atoms with Crippen molar-refractivity contribution in [3.63, 3.8) is 0 Å². The Bertz CT molecular complexity index is 59.9. The first-order valence-corrected chi connectivity index (χ1v) is 4.80. The highest BCUT2D eigenvalue weighted by Crippen LogP contribution is 1.93. The summed E-state index contributed by atoms with van der Waals surface area (Å²) in [5.74, 6) is 0. The number of hydrogen-bond acceptors (Lipinski definition) is 1. The minimum absolute atomic E-state index is 0.704. The Labute approximate surface area is 72.8 Å². The van der Waals surface area contributed by atoms with Gasteiger partial charge >= 0.3 is 0 Å². The van der Waals surface area contributed by atoms with Gasteiger partial charge < -0.3 is 4.90 Å². The minimum Gasteiger partial charge on any atom is -0.304 e. The molecule has 0 saturated heterocycles. The van der Waals surface area contributed by atoms with Crippen LogP contribution in [0.5, 0.6) is 0 Å². The normalized spacial score (nSPS) is 9.82. The van der Waals surface area contributed by atoms with Crippen molar-refractivity contribution in [3.05, 3.63) is 0 Å². The van der Waals surface area contributed by atoms with E-state index in [0.717, 1.165) is 0 Å². The summed E-state index contributed by atoms with van der Waals surface area (Å²) in [6.45, 7) is 12.1. The lowest BCUT2D eigenvalue weighted by Crippen LogP contribution is -2.26. The number of hydrogen-bond donors (Lipinski definition) is 0. The van der Waals surface area contributed by atoms with E-state index in [4.69, 9.17) is 0 Å². The smallest absolute Gasteiger partial charge is 0.00355 e. The molecular formula is C10H25N. The first kappa shape index (κ1) is 13.5. The lowest BCUT2D eigenvalue weighted by Gasteiger charge is -2.19. The molecule has 70 valence electrons. The van der Waals surface area contributed by atoms with E-state index in [2.05, 4.69) is 46.6 Å². The van der Waals surface area contributed by atoms with Crippen LogP contribution in [0.15, 0.2) is 0 Å². The van der Waals surface area contributed by atoms with Crippen LogP contribution in [-0.4, -0.2) is 24.5 Å². The van der Waals surface area contributed by atoms with Gasteiger partial charge in [-0.05, 0) is 33.9 Å². The summed E-state index contributed by atoms with van der Waals surface area (Å²) in [7, 11) is 2.16. The van der Waals surface area contributed by atoms with Crippen LogP contribution < -0.4 is 0 Å². The Morgan fingerprint density at radius 2 is 1.45 bits per heavy atom. The number of nitrogens with zero attached hydrogens (tertiary/aromatic N) is 1. The van der Waals surface area contributed by atoms with Gasteiger partial charge in [0, 0.05) is 6.04 Å². The fraction of sp³-hybridized carbons (Fsp3) is 1.00. The first-order valence-electron chi connectivity index (χ1n) is 4.80. The predicted molar refractivity (Wildman–Crippen MR) is 54.0 cm³/mol. The molecule has 0 unspecified atom stereocenters. The van der Waals surface area contributed by atoms with E-state index >= 15 is 0 Å². The highest BCUT2D eigenvalue weighted by molar-refractivity contribution is 4.53. The zero-order valence-corrected chi connectivity index (χ0v) is 9.15. The molecule has 0 heterocycles. The average Bonchev–Trinajstić information content (AvgIpc) is 1.90. The minimum atomic E-state index is 0.704. The summed E-state index contributed by atoms with van der Waals surface area (Å²) >= 11 is 0. The van der Waals surface area contributed by atoms with E-state index in [9.17, 15) is 0 Å². The molecule has 0 aliphatic carbocycles. The summed E-state index contributed by atoms with van der Waals surface area (Å²) in [5.41, 5.74) is 0. The molecule has 1 nitrogen and oxygen atoms in total. The van der Waals surface area contributed by atoms with Gasteiger partial charge in [0.1, 0.15) is 0 Å². The molecule has 1 heteroatoms. The lowest BCUT2D eigenvalue weighted by atomic mass is 10.3. The molecule has 11 heavy (non-hydrogen) atoms. The van der Waals surface area contributed by atoms with Crippen LogP contribution in [0.1, 0.15) is 47.5 Å². The van der Waals surface area contributed by atoms with Crippen LogP contribution in [0, 0.1) is 0 Å². The van der Waals surface area contributed by atoms with Crippen molar-refractivity contribution in [2.45, 2.75) is 53.5 Å². The third-order valence-electron chi connectivity index (χ3n) is 1.46. The van der Waals surface area contributed by atoms with Crippen LogP contribution in [0.3, 0.4) is 0 Å². The van der Waals surface area contributed by atoms with E-state index in [1.54, 1.807) is 0 Å². The van der Waals surface area contributed by atoms with Crippen LogP contribution in [0.4, 0.5) is 0 Å².